The first-order valence-corrected chi connectivity index (χ1v) is 12.8. The summed E-state index contributed by atoms with van der Waals surface area (Å²) in [5.41, 5.74) is -0.0437. The molecule has 1 unspecified atom stereocenters. The van der Waals surface area contributed by atoms with E-state index >= 15 is 8.78 Å². The molecule has 214 valence electrons. The zero-order valence-electron chi connectivity index (χ0n) is 21.5. The van der Waals surface area contributed by atoms with E-state index in [1.165, 1.54) is 28.1 Å². The molecule has 0 aliphatic carbocycles. The number of nitrogens with zero attached hydrogens (tertiary/aromatic N) is 4. The molecule has 0 saturated carbocycles. The van der Waals surface area contributed by atoms with Gasteiger partial charge in [0.15, 0.2) is 11.6 Å². The summed E-state index contributed by atoms with van der Waals surface area (Å²) in [5.74, 6) is -2.58. The van der Waals surface area contributed by atoms with Gasteiger partial charge in [0.05, 0.1) is 37.5 Å². The average Bonchev–Trinajstić information content (AvgIpc) is 3.31. The van der Waals surface area contributed by atoms with Crippen LogP contribution in [0.2, 0.25) is 5.15 Å². The fourth-order valence-electron chi connectivity index (χ4n) is 4.29. The van der Waals surface area contributed by atoms with Crippen LogP contribution in [0, 0.1) is 11.6 Å². The highest BCUT2D eigenvalue weighted by atomic mass is 35.5. The monoisotopic (exact) mass is 580 g/mol. The minimum absolute atomic E-state index is 0.0185. The lowest BCUT2D eigenvalue weighted by Crippen LogP contribution is -2.51. The molecule has 2 aromatic rings. The molecule has 2 fully saturated rings. The third kappa shape index (κ3) is 6.86. The van der Waals surface area contributed by atoms with Gasteiger partial charge in [0.25, 0.3) is 5.91 Å². The summed E-state index contributed by atoms with van der Waals surface area (Å²) in [5, 5.41) is 5.21. The highest BCUT2D eigenvalue weighted by Crippen LogP contribution is 2.31. The van der Waals surface area contributed by atoms with E-state index in [0.29, 0.717) is 0 Å². The molecule has 15 heteroatoms. The number of hydrogen-bond donors (Lipinski definition) is 2. The van der Waals surface area contributed by atoms with E-state index in [1.807, 2.05) is 0 Å². The lowest BCUT2D eigenvalue weighted by atomic mass is 10.2. The van der Waals surface area contributed by atoms with Crippen molar-refractivity contribution in [1.82, 2.24) is 20.5 Å². The third-order valence-corrected chi connectivity index (χ3v) is 6.50. The van der Waals surface area contributed by atoms with E-state index in [4.69, 9.17) is 21.1 Å². The van der Waals surface area contributed by atoms with Gasteiger partial charge >= 0.3 is 12.2 Å². The molecule has 40 heavy (non-hydrogen) atoms. The molecular formula is C25H27ClF2N6O6. The number of carbonyl (C=O) groups is 4. The minimum atomic E-state index is -0.875. The van der Waals surface area contributed by atoms with Crippen LogP contribution in [-0.4, -0.2) is 92.4 Å². The number of cyclic esters (lactones) is 1. The van der Waals surface area contributed by atoms with Crippen molar-refractivity contribution in [3.8, 4) is 0 Å². The quantitative estimate of drug-likeness (QED) is 0.454. The topological polar surface area (TPSA) is 133 Å². The van der Waals surface area contributed by atoms with Gasteiger partial charge in [-0.1, -0.05) is 11.6 Å². The van der Waals surface area contributed by atoms with Gasteiger partial charge in [0.1, 0.15) is 16.9 Å². The number of rotatable bonds is 8. The Bertz CT molecular complexity index is 1250. The number of halogens is 3. The predicted octanol–water partition coefficient (Wildman–Crippen LogP) is 2.16. The summed E-state index contributed by atoms with van der Waals surface area (Å²) >= 11 is 5.71. The van der Waals surface area contributed by atoms with Crippen molar-refractivity contribution in [1.29, 1.82) is 0 Å². The van der Waals surface area contributed by atoms with Crippen molar-refractivity contribution in [2.24, 2.45) is 0 Å². The average molecular weight is 581 g/mol. The number of ether oxygens (including phenoxy) is 2. The fourth-order valence-corrected chi connectivity index (χ4v) is 4.40. The molecule has 0 spiro atoms. The Morgan fingerprint density at radius 2 is 1.82 bits per heavy atom. The summed E-state index contributed by atoms with van der Waals surface area (Å²) in [7, 11) is 0. The van der Waals surface area contributed by atoms with Crippen LogP contribution in [0.1, 0.15) is 17.3 Å². The summed E-state index contributed by atoms with van der Waals surface area (Å²) in [6.45, 7) is 2.22. The number of pyridine rings is 1. The van der Waals surface area contributed by atoms with E-state index in [-0.39, 0.29) is 80.4 Å². The summed E-state index contributed by atoms with van der Waals surface area (Å²) in [4.78, 5) is 56.4. The molecule has 0 bridgehead atoms. The molecule has 1 aromatic heterocycles. The molecular weight excluding hydrogens is 554 g/mol. The number of anilines is 2. The second-order valence-corrected chi connectivity index (χ2v) is 9.28. The van der Waals surface area contributed by atoms with Crippen molar-refractivity contribution in [3.05, 3.63) is 52.8 Å². The molecule has 2 aliphatic rings. The van der Waals surface area contributed by atoms with E-state index in [1.54, 1.807) is 6.92 Å². The van der Waals surface area contributed by atoms with Crippen LogP contribution < -0.4 is 20.4 Å². The Balaban J connectivity index is 1.30. The third-order valence-electron chi connectivity index (χ3n) is 6.28. The first-order chi connectivity index (χ1) is 19.2. The first kappa shape index (κ1) is 28.8. The number of aromatic nitrogens is 1. The normalized spacial score (nSPS) is 16.9. The maximum atomic E-state index is 15.1. The minimum Gasteiger partial charge on any atom is -0.450 e. The van der Waals surface area contributed by atoms with Crippen LogP contribution in [0.25, 0.3) is 0 Å². The van der Waals surface area contributed by atoms with Gasteiger partial charge in [-0.2, -0.15) is 0 Å². The molecule has 4 amide bonds. The Labute approximate surface area is 233 Å². The lowest BCUT2D eigenvalue weighted by molar-refractivity contribution is -0.130. The van der Waals surface area contributed by atoms with Gasteiger partial charge in [0.2, 0.25) is 5.91 Å². The number of amides is 4. The molecule has 2 aliphatic heterocycles. The number of nitrogens with one attached hydrogen (secondary N) is 2. The van der Waals surface area contributed by atoms with Crippen molar-refractivity contribution in [2.75, 3.05) is 62.2 Å². The Morgan fingerprint density at radius 3 is 2.45 bits per heavy atom. The van der Waals surface area contributed by atoms with Crippen LogP contribution in [-0.2, 0) is 14.3 Å². The fraction of sp³-hybridized carbons (Fsp3) is 0.400. The van der Waals surface area contributed by atoms with Crippen molar-refractivity contribution in [3.63, 3.8) is 0 Å². The smallest absolute Gasteiger partial charge is 0.414 e. The molecule has 12 nitrogen and oxygen atoms in total. The highest BCUT2D eigenvalue weighted by molar-refractivity contribution is 6.29. The molecule has 0 radical (unpaired) electrons. The van der Waals surface area contributed by atoms with Gasteiger partial charge < -0.3 is 29.9 Å². The van der Waals surface area contributed by atoms with Crippen LogP contribution in [0.4, 0.5) is 29.7 Å². The van der Waals surface area contributed by atoms with Crippen LogP contribution >= 0.6 is 11.6 Å². The van der Waals surface area contributed by atoms with Gasteiger partial charge in [-0.25, -0.2) is 23.4 Å². The second kappa shape index (κ2) is 12.8. The van der Waals surface area contributed by atoms with Crippen molar-refractivity contribution in [2.45, 2.75) is 13.0 Å². The number of alkyl carbamates (subject to hydrolysis) is 1. The van der Waals surface area contributed by atoms with Crippen LogP contribution in [0.5, 0.6) is 0 Å². The van der Waals surface area contributed by atoms with Crippen LogP contribution in [0.15, 0.2) is 30.5 Å². The van der Waals surface area contributed by atoms with E-state index in [2.05, 4.69) is 15.6 Å². The molecule has 2 N–H and O–H groups in total. The summed E-state index contributed by atoms with van der Waals surface area (Å²) < 4.78 is 40.1. The standard InChI is InChI=1S/C25H27ClF2N6O6/c1-2-39-24(37)31-12-17-14-34(25(38)40-17)16-9-18(27)22(19(28)10-16)33-7-5-32(6-8-33)21(35)13-30-23(36)15-3-4-20(26)29-11-15/h3-4,9-11,17H,2,5-8,12-14H2,1H3,(H,30,36)(H,31,37). The Hall–Kier alpha value is -4.20. The summed E-state index contributed by atoms with van der Waals surface area (Å²) in [6.07, 6.45) is -0.890. The molecule has 1 aromatic carbocycles. The van der Waals surface area contributed by atoms with Crippen LogP contribution in [0.3, 0.4) is 0 Å². The largest absolute Gasteiger partial charge is 0.450 e. The number of carbonyl (C=O) groups excluding carboxylic acids is 4. The molecule has 2 saturated heterocycles. The molecule has 1 atom stereocenters. The second-order valence-electron chi connectivity index (χ2n) is 8.90. The zero-order valence-corrected chi connectivity index (χ0v) is 22.2. The van der Waals surface area contributed by atoms with E-state index in [0.717, 1.165) is 17.0 Å². The van der Waals surface area contributed by atoms with Gasteiger partial charge in [-0.15, -0.1) is 0 Å². The number of hydrogen-bond acceptors (Lipinski definition) is 8. The van der Waals surface area contributed by atoms with Gasteiger partial charge in [-0.3, -0.25) is 14.5 Å². The van der Waals surface area contributed by atoms with Crippen molar-refractivity contribution >= 4 is 47.0 Å². The predicted molar refractivity (Wildman–Crippen MR) is 139 cm³/mol. The Kier molecular flexibility index (Phi) is 9.19. The lowest BCUT2D eigenvalue weighted by Gasteiger charge is -2.36. The maximum absolute atomic E-state index is 15.1. The molecule has 3 heterocycles. The van der Waals surface area contributed by atoms with E-state index < -0.39 is 35.8 Å². The highest BCUT2D eigenvalue weighted by Gasteiger charge is 2.34. The SMILES string of the molecule is CCOC(=O)NCC1CN(c2cc(F)c(N3CCN(C(=O)CNC(=O)c4ccc(Cl)nc4)CC3)c(F)c2)C(=O)O1. The Morgan fingerprint density at radius 1 is 1.12 bits per heavy atom. The summed E-state index contributed by atoms with van der Waals surface area (Å²) in [6, 6.07) is 5.03. The number of piperazine rings is 1. The first-order valence-electron chi connectivity index (χ1n) is 12.5. The zero-order chi connectivity index (χ0) is 28.8. The van der Waals surface area contributed by atoms with Gasteiger partial charge in [-0.05, 0) is 19.1 Å². The van der Waals surface area contributed by atoms with Crippen molar-refractivity contribution < 1.29 is 37.4 Å². The maximum Gasteiger partial charge on any atom is 0.414 e. The molecule has 4 rings (SSSR count). The van der Waals surface area contributed by atoms with E-state index in [9.17, 15) is 19.2 Å². The number of benzene rings is 1. The van der Waals surface area contributed by atoms with Gasteiger partial charge in [0, 0.05) is 44.5 Å².